The van der Waals surface area contributed by atoms with Crippen molar-refractivity contribution < 1.29 is 14.3 Å². The first-order valence-electron chi connectivity index (χ1n) is 7.42. The van der Waals surface area contributed by atoms with Crippen LogP contribution in [0.1, 0.15) is 24.2 Å². The quantitative estimate of drug-likeness (QED) is 0.776. The normalized spacial score (nSPS) is 11.5. The maximum Gasteiger partial charge on any atom is 0.246 e. The molecule has 6 heteroatoms. The Morgan fingerprint density at radius 1 is 1.12 bits per heavy atom. The number of anilines is 2. The summed E-state index contributed by atoms with van der Waals surface area (Å²) in [6, 6.07) is 11.5. The van der Waals surface area contributed by atoms with Gasteiger partial charge in [-0.2, -0.15) is 0 Å². The van der Waals surface area contributed by atoms with Gasteiger partial charge in [0.2, 0.25) is 5.91 Å². The van der Waals surface area contributed by atoms with Gasteiger partial charge >= 0.3 is 0 Å². The number of carbonyl (C=O) groups is 2. The van der Waals surface area contributed by atoms with Crippen molar-refractivity contribution in [2.45, 2.75) is 19.9 Å². The summed E-state index contributed by atoms with van der Waals surface area (Å²) in [5.41, 5.74) is 1.84. The zero-order valence-corrected chi connectivity index (χ0v) is 14.5. The van der Waals surface area contributed by atoms with Crippen LogP contribution in [0.15, 0.2) is 42.5 Å². The molecule has 0 bridgehead atoms. The average Bonchev–Trinajstić information content (AvgIpc) is 2.55. The molecule has 0 spiro atoms. The molecule has 0 aliphatic rings. The molecule has 0 heterocycles. The Kier molecular flexibility index (Phi) is 5.82. The molecule has 2 aromatic carbocycles. The third kappa shape index (κ3) is 4.49. The topological polar surface area (TPSA) is 67.4 Å². The first kappa shape index (κ1) is 17.8. The van der Waals surface area contributed by atoms with Gasteiger partial charge < -0.3 is 15.4 Å². The molecule has 0 radical (unpaired) electrons. The fraction of sp³-hybridized carbons (Fsp3) is 0.222. The van der Waals surface area contributed by atoms with Crippen LogP contribution in [0.5, 0.6) is 5.75 Å². The lowest BCUT2D eigenvalue weighted by Crippen LogP contribution is -2.31. The number of halogens is 1. The molecule has 0 unspecified atom stereocenters. The van der Waals surface area contributed by atoms with Crippen LogP contribution in [0.25, 0.3) is 0 Å². The number of hydrogen-bond acceptors (Lipinski definition) is 4. The van der Waals surface area contributed by atoms with E-state index in [9.17, 15) is 9.59 Å². The van der Waals surface area contributed by atoms with E-state index in [4.69, 9.17) is 16.3 Å². The maximum absolute atomic E-state index is 12.3. The lowest BCUT2D eigenvalue weighted by molar-refractivity contribution is -0.116. The maximum atomic E-state index is 12.3. The second-order valence-corrected chi connectivity index (χ2v) is 5.75. The number of Topliss-reactive ketones (excluding diaryl/α,β-unsaturated/α-hetero) is 1. The van der Waals surface area contributed by atoms with Crippen molar-refractivity contribution in [1.82, 2.24) is 0 Å². The fourth-order valence-corrected chi connectivity index (χ4v) is 2.40. The highest BCUT2D eigenvalue weighted by molar-refractivity contribution is 6.32. The molecule has 2 aromatic rings. The molecule has 5 nitrogen and oxygen atoms in total. The van der Waals surface area contributed by atoms with Crippen molar-refractivity contribution in [3.05, 3.63) is 53.1 Å². The molecule has 2 rings (SSSR count). The van der Waals surface area contributed by atoms with E-state index in [1.807, 2.05) is 0 Å². The molecule has 1 atom stereocenters. The Labute approximate surface area is 146 Å². The third-order valence-electron chi connectivity index (χ3n) is 3.46. The van der Waals surface area contributed by atoms with Gasteiger partial charge in [0.05, 0.1) is 12.1 Å². The van der Waals surface area contributed by atoms with Crippen LogP contribution in [0, 0.1) is 0 Å². The van der Waals surface area contributed by atoms with Crippen LogP contribution < -0.4 is 15.4 Å². The Bertz CT molecular complexity index is 762. The molecule has 0 aliphatic carbocycles. The van der Waals surface area contributed by atoms with E-state index in [0.29, 0.717) is 27.7 Å². The number of hydrogen-bond donors (Lipinski definition) is 2. The molecule has 0 fully saturated rings. The standard InChI is InChI=1S/C18H19ClN2O3/c1-11(20-15-7-8-17(24-3)16(19)10-15)18(23)21-14-6-4-5-13(9-14)12(2)22/h4-11,20H,1-3H3,(H,21,23)/t11-/m0/s1. The number of methoxy groups -OCH3 is 1. The van der Waals surface area contributed by atoms with Crippen LogP contribution in [0.2, 0.25) is 5.02 Å². The van der Waals surface area contributed by atoms with E-state index >= 15 is 0 Å². The van der Waals surface area contributed by atoms with Gasteiger partial charge in [0.1, 0.15) is 11.8 Å². The Morgan fingerprint density at radius 3 is 2.50 bits per heavy atom. The summed E-state index contributed by atoms with van der Waals surface area (Å²) in [6.07, 6.45) is 0. The highest BCUT2D eigenvalue weighted by Gasteiger charge is 2.14. The van der Waals surface area contributed by atoms with Gasteiger partial charge in [0, 0.05) is 16.9 Å². The van der Waals surface area contributed by atoms with E-state index in [2.05, 4.69) is 10.6 Å². The van der Waals surface area contributed by atoms with Crippen molar-refractivity contribution in [2.75, 3.05) is 17.7 Å². The minimum atomic E-state index is -0.490. The lowest BCUT2D eigenvalue weighted by atomic mass is 10.1. The van der Waals surface area contributed by atoms with E-state index in [-0.39, 0.29) is 11.7 Å². The molecular formula is C18H19ClN2O3. The highest BCUT2D eigenvalue weighted by Crippen LogP contribution is 2.27. The highest BCUT2D eigenvalue weighted by atomic mass is 35.5. The second kappa shape index (κ2) is 7.84. The smallest absolute Gasteiger partial charge is 0.246 e. The molecule has 0 aliphatic heterocycles. The zero-order valence-electron chi connectivity index (χ0n) is 13.7. The Balaban J connectivity index is 2.03. The Morgan fingerprint density at radius 2 is 1.88 bits per heavy atom. The summed E-state index contributed by atoms with van der Waals surface area (Å²) >= 11 is 6.07. The first-order valence-corrected chi connectivity index (χ1v) is 7.80. The number of carbonyl (C=O) groups excluding carboxylic acids is 2. The van der Waals surface area contributed by atoms with E-state index in [1.165, 1.54) is 6.92 Å². The summed E-state index contributed by atoms with van der Waals surface area (Å²) in [5, 5.41) is 6.32. The third-order valence-corrected chi connectivity index (χ3v) is 3.76. The summed E-state index contributed by atoms with van der Waals surface area (Å²) in [4.78, 5) is 23.7. The van der Waals surface area contributed by atoms with Crippen LogP contribution in [0.3, 0.4) is 0 Å². The van der Waals surface area contributed by atoms with Gasteiger partial charge in [-0.05, 0) is 44.2 Å². The van der Waals surface area contributed by atoms with Gasteiger partial charge in [-0.15, -0.1) is 0 Å². The van der Waals surface area contributed by atoms with Crippen molar-refractivity contribution in [3.8, 4) is 5.75 Å². The van der Waals surface area contributed by atoms with Crippen molar-refractivity contribution in [2.24, 2.45) is 0 Å². The minimum Gasteiger partial charge on any atom is -0.495 e. The van der Waals surface area contributed by atoms with Gasteiger partial charge in [-0.1, -0.05) is 23.7 Å². The van der Waals surface area contributed by atoms with Crippen molar-refractivity contribution >= 4 is 34.7 Å². The number of ketones is 1. The van der Waals surface area contributed by atoms with Crippen molar-refractivity contribution in [3.63, 3.8) is 0 Å². The SMILES string of the molecule is COc1ccc(N[C@@H](C)C(=O)Nc2cccc(C(C)=O)c2)cc1Cl. The van der Waals surface area contributed by atoms with Crippen LogP contribution in [0.4, 0.5) is 11.4 Å². The molecule has 2 N–H and O–H groups in total. The predicted octanol–water partition coefficient (Wildman–Crippen LogP) is 3.99. The van der Waals surface area contributed by atoms with Gasteiger partial charge in [0.15, 0.2) is 5.78 Å². The average molecular weight is 347 g/mol. The van der Waals surface area contributed by atoms with Crippen molar-refractivity contribution in [1.29, 1.82) is 0 Å². The summed E-state index contributed by atoms with van der Waals surface area (Å²) < 4.78 is 5.10. The van der Waals surface area contributed by atoms with Crippen LogP contribution in [-0.2, 0) is 4.79 Å². The number of rotatable bonds is 6. The van der Waals surface area contributed by atoms with Gasteiger partial charge in [-0.3, -0.25) is 9.59 Å². The molecular weight excluding hydrogens is 328 g/mol. The monoisotopic (exact) mass is 346 g/mol. The summed E-state index contributed by atoms with van der Waals surface area (Å²) in [7, 11) is 1.54. The molecule has 0 aromatic heterocycles. The number of benzene rings is 2. The predicted molar refractivity (Wildman–Crippen MR) is 96.2 cm³/mol. The first-order chi connectivity index (χ1) is 11.4. The van der Waals surface area contributed by atoms with Crippen LogP contribution >= 0.6 is 11.6 Å². The van der Waals surface area contributed by atoms with E-state index in [1.54, 1.807) is 56.5 Å². The summed E-state index contributed by atoms with van der Waals surface area (Å²) in [6.45, 7) is 3.22. The Hall–Kier alpha value is -2.53. The molecule has 0 saturated heterocycles. The second-order valence-electron chi connectivity index (χ2n) is 5.34. The number of amides is 1. The number of nitrogens with one attached hydrogen (secondary N) is 2. The molecule has 1 amide bonds. The molecule has 126 valence electrons. The molecule has 0 saturated carbocycles. The zero-order chi connectivity index (χ0) is 17.7. The molecule has 24 heavy (non-hydrogen) atoms. The van der Waals surface area contributed by atoms with E-state index < -0.39 is 6.04 Å². The largest absolute Gasteiger partial charge is 0.495 e. The lowest BCUT2D eigenvalue weighted by Gasteiger charge is -2.16. The van der Waals surface area contributed by atoms with Gasteiger partial charge in [0.25, 0.3) is 0 Å². The summed E-state index contributed by atoms with van der Waals surface area (Å²) in [5.74, 6) is 0.299. The fourth-order valence-electron chi connectivity index (χ4n) is 2.14. The number of ether oxygens (including phenoxy) is 1. The van der Waals surface area contributed by atoms with Crippen LogP contribution in [-0.4, -0.2) is 24.8 Å². The van der Waals surface area contributed by atoms with Gasteiger partial charge in [-0.25, -0.2) is 0 Å². The minimum absolute atomic E-state index is 0.0508. The van der Waals surface area contributed by atoms with E-state index in [0.717, 1.165) is 0 Å².